The molecule has 2 N–H and O–H groups in total. The van der Waals surface area contributed by atoms with E-state index in [-0.39, 0.29) is 11.5 Å². The summed E-state index contributed by atoms with van der Waals surface area (Å²) in [4.78, 5) is 0. The van der Waals surface area contributed by atoms with Crippen molar-refractivity contribution in [2.75, 3.05) is 0 Å². The number of aryl methyl sites for hydroxylation is 2. The number of rotatable bonds is 6. The number of phenolic OH excluding ortho intramolecular Hbond substituents is 2. The van der Waals surface area contributed by atoms with Gasteiger partial charge in [0.05, 0.1) is 0 Å². The third-order valence-electron chi connectivity index (χ3n) is 6.26. The Balaban J connectivity index is 1.72. The Bertz CT molecular complexity index is 1290. The molecule has 0 atom stereocenters. The lowest BCUT2D eigenvalue weighted by atomic mass is 9.91. The second kappa shape index (κ2) is 10.5. The maximum atomic E-state index is 11.2. The highest BCUT2D eigenvalue weighted by Gasteiger charge is 2.16. The molecule has 0 saturated carbocycles. The highest BCUT2D eigenvalue weighted by atomic mass is 16.3. The van der Waals surface area contributed by atoms with Crippen LogP contribution in [-0.4, -0.2) is 10.2 Å². The van der Waals surface area contributed by atoms with Crippen molar-refractivity contribution in [1.82, 2.24) is 0 Å². The zero-order valence-electron chi connectivity index (χ0n) is 20.8. The maximum absolute atomic E-state index is 11.2. The van der Waals surface area contributed by atoms with E-state index in [0.717, 1.165) is 55.7 Å². The van der Waals surface area contributed by atoms with Gasteiger partial charge in [0.25, 0.3) is 0 Å². The second-order valence-electron chi connectivity index (χ2n) is 9.29. The SMILES string of the molecule is CC(=Cc1ccccc1)c1cc(C)cc(Cc2cc(C)cc(C(C)=Cc3ccccc3)c2O)c1O. The summed E-state index contributed by atoms with van der Waals surface area (Å²) >= 11 is 0. The maximum Gasteiger partial charge on any atom is 0.126 e. The van der Waals surface area contributed by atoms with Gasteiger partial charge >= 0.3 is 0 Å². The van der Waals surface area contributed by atoms with Gasteiger partial charge in [-0.1, -0.05) is 84.9 Å². The Kier molecular flexibility index (Phi) is 7.22. The molecule has 0 saturated heterocycles. The molecule has 2 nitrogen and oxygen atoms in total. The Labute approximate surface area is 208 Å². The second-order valence-corrected chi connectivity index (χ2v) is 9.29. The third kappa shape index (κ3) is 5.73. The normalized spacial score (nSPS) is 12.1. The zero-order valence-corrected chi connectivity index (χ0v) is 20.8. The van der Waals surface area contributed by atoms with Crippen LogP contribution in [0.15, 0.2) is 84.9 Å². The summed E-state index contributed by atoms with van der Waals surface area (Å²) in [6.07, 6.45) is 4.61. The molecule has 0 aromatic heterocycles. The molecule has 4 aromatic rings. The van der Waals surface area contributed by atoms with Crippen LogP contribution in [0.4, 0.5) is 0 Å². The molecule has 0 spiro atoms. The first-order valence-corrected chi connectivity index (χ1v) is 11.9. The average Bonchev–Trinajstić information content (AvgIpc) is 2.84. The first-order chi connectivity index (χ1) is 16.8. The summed E-state index contributed by atoms with van der Waals surface area (Å²) in [5, 5.41) is 22.4. The molecular weight excluding hydrogens is 428 g/mol. The van der Waals surface area contributed by atoms with Crippen LogP contribution in [0.2, 0.25) is 0 Å². The number of hydrogen-bond acceptors (Lipinski definition) is 2. The van der Waals surface area contributed by atoms with Gasteiger partial charge in [0, 0.05) is 17.5 Å². The van der Waals surface area contributed by atoms with Crippen LogP contribution in [0.3, 0.4) is 0 Å². The topological polar surface area (TPSA) is 40.5 Å². The summed E-state index contributed by atoms with van der Waals surface area (Å²) in [5.41, 5.74) is 9.55. The Hall–Kier alpha value is -4.04. The highest BCUT2D eigenvalue weighted by molar-refractivity contribution is 5.85. The molecule has 4 aromatic carbocycles. The van der Waals surface area contributed by atoms with E-state index in [1.165, 1.54) is 0 Å². The van der Waals surface area contributed by atoms with Gasteiger partial charge in [0.15, 0.2) is 0 Å². The monoisotopic (exact) mass is 460 g/mol. The predicted octanol–water partition coefficient (Wildman–Crippen LogP) is 8.43. The number of benzene rings is 4. The number of aromatic hydroxyl groups is 2. The number of hydrogen-bond donors (Lipinski definition) is 2. The molecule has 0 bridgehead atoms. The Morgan fingerprint density at radius 1 is 0.600 bits per heavy atom. The first-order valence-electron chi connectivity index (χ1n) is 11.9. The van der Waals surface area contributed by atoms with E-state index in [2.05, 4.69) is 36.4 Å². The van der Waals surface area contributed by atoms with Crippen LogP contribution in [-0.2, 0) is 6.42 Å². The summed E-state index contributed by atoms with van der Waals surface area (Å²) in [7, 11) is 0. The van der Waals surface area contributed by atoms with Gasteiger partial charge in [0.2, 0.25) is 0 Å². The smallest absolute Gasteiger partial charge is 0.126 e. The van der Waals surface area contributed by atoms with Crippen molar-refractivity contribution in [3.63, 3.8) is 0 Å². The molecule has 0 aliphatic heterocycles. The van der Waals surface area contributed by atoms with Gasteiger partial charge in [0.1, 0.15) is 11.5 Å². The van der Waals surface area contributed by atoms with Crippen molar-refractivity contribution in [3.8, 4) is 11.5 Å². The molecule has 4 rings (SSSR count). The van der Waals surface area contributed by atoms with Crippen molar-refractivity contribution in [2.45, 2.75) is 34.1 Å². The van der Waals surface area contributed by atoms with Crippen molar-refractivity contribution in [1.29, 1.82) is 0 Å². The van der Waals surface area contributed by atoms with Crippen molar-refractivity contribution in [3.05, 3.63) is 129 Å². The molecule has 176 valence electrons. The quantitative estimate of drug-likeness (QED) is 0.283. The number of phenols is 2. The Morgan fingerprint density at radius 2 is 0.971 bits per heavy atom. The molecule has 0 fully saturated rings. The predicted molar refractivity (Wildman–Crippen MR) is 148 cm³/mol. The Morgan fingerprint density at radius 3 is 1.34 bits per heavy atom. The molecule has 0 aliphatic carbocycles. The van der Waals surface area contributed by atoms with Crippen molar-refractivity contribution < 1.29 is 10.2 Å². The fraction of sp³-hybridized carbons (Fsp3) is 0.152. The molecule has 0 amide bonds. The molecule has 0 aliphatic rings. The average molecular weight is 461 g/mol. The molecule has 0 radical (unpaired) electrons. The van der Waals surface area contributed by atoms with E-state index in [1.807, 2.05) is 88.4 Å². The van der Waals surface area contributed by atoms with Gasteiger partial charge in [-0.3, -0.25) is 0 Å². The lowest BCUT2D eigenvalue weighted by molar-refractivity contribution is 0.461. The van der Waals surface area contributed by atoms with Gasteiger partial charge in [-0.2, -0.15) is 0 Å². The van der Waals surface area contributed by atoms with Crippen LogP contribution in [0.1, 0.15) is 58.4 Å². The van der Waals surface area contributed by atoms with E-state index in [0.29, 0.717) is 6.42 Å². The largest absolute Gasteiger partial charge is 0.507 e. The van der Waals surface area contributed by atoms with Crippen LogP contribution in [0, 0.1) is 13.8 Å². The lowest BCUT2D eigenvalue weighted by Crippen LogP contribution is -1.97. The van der Waals surface area contributed by atoms with E-state index in [1.54, 1.807) is 0 Å². The fourth-order valence-electron chi connectivity index (χ4n) is 4.54. The van der Waals surface area contributed by atoms with E-state index in [9.17, 15) is 10.2 Å². The minimum atomic E-state index is 0.263. The molecule has 0 unspecified atom stereocenters. The first kappa shape index (κ1) is 24.1. The van der Waals surface area contributed by atoms with E-state index in [4.69, 9.17) is 0 Å². The van der Waals surface area contributed by atoms with Gasteiger partial charge in [-0.15, -0.1) is 0 Å². The van der Waals surface area contributed by atoms with Crippen LogP contribution < -0.4 is 0 Å². The highest BCUT2D eigenvalue weighted by Crippen LogP contribution is 2.37. The lowest BCUT2D eigenvalue weighted by Gasteiger charge is -2.16. The summed E-state index contributed by atoms with van der Waals surface area (Å²) < 4.78 is 0. The van der Waals surface area contributed by atoms with E-state index >= 15 is 0 Å². The van der Waals surface area contributed by atoms with Gasteiger partial charge < -0.3 is 10.2 Å². The molecule has 0 heterocycles. The zero-order chi connectivity index (χ0) is 24.9. The van der Waals surface area contributed by atoms with Crippen molar-refractivity contribution in [2.24, 2.45) is 0 Å². The van der Waals surface area contributed by atoms with Crippen LogP contribution in [0.25, 0.3) is 23.3 Å². The van der Waals surface area contributed by atoms with Crippen molar-refractivity contribution >= 4 is 23.3 Å². The molecule has 35 heavy (non-hydrogen) atoms. The minimum absolute atomic E-state index is 0.263. The summed E-state index contributed by atoms with van der Waals surface area (Å²) in [6, 6.07) is 28.3. The summed E-state index contributed by atoms with van der Waals surface area (Å²) in [6.45, 7) is 8.11. The molecular formula is C33H32O2. The van der Waals surface area contributed by atoms with Gasteiger partial charge in [-0.05, 0) is 84.4 Å². The van der Waals surface area contributed by atoms with Crippen LogP contribution >= 0.6 is 0 Å². The fourth-order valence-corrected chi connectivity index (χ4v) is 4.54. The standard InChI is InChI=1S/C33H32O2/c1-22-15-28(32(34)30(17-22)24(3)19-26-11-7-5-8-12-26)21-29-16-23(2)18-31(33(29)35)25(4)20-27-13-9-6-10-14-27/h5-20,34-35H,21H2,1-4H3. The minimum Gasteiger partial charge on any atom is -0.507 e. The van der Waals surface area contributed by atoms with E-state index < -0.39 is 0 Å². The molecule has 2 heteroatoms. The van der Waals surface area contributed by atoms with Crippen LogP contribution in [0.5, 0.6) is 11.5 Å². The number of allylic oxidation sites excluding steroid dienone is 2. The third-order valence-corrected chi connectivity index (χ3v) is 6.26. The summed E-state index contributed by atoms with van der Waals surface area (Å²) in [5.74, 6) is 0.526. The van der Waals surface area contributed by atoms with Gasteiger partial charge in [-0.25, -0.2) is 0 Å².